The molecule has 0 amide bonds. The third kappa shape index (κ3) is 6.27. The van der Waals surface area contributed by atoms with Gasteiger partial charge in [0.1, 0.15) is 11.7 Å². The van der Waals surface area contributed by atoms with Crippen molar-refractivity contribution in [2.45, 2.75) is 104 Å². The van der Waals surface area contributed by atoms with Gasteiger partial charge in [-0.15, -0.1) is 11.6 Å². The quantitative estimate of drug-likeness (QED) is 0.122. The van der Waals surface area contributed by atoms with Gasteiger partial charge in [-0.3, -0.25) is 14.4 Å². The lowest BCUT2D eigenvalue weighted by Crippen LogP contribution is -2.70. The minimum Gasteiger partial charge on any atom is -0.458 e. The molecule has 10 unspecified atom stereocenters. The van der Waals surface area contributed by atoms with Gasteiger partial charge in [0.2, 0.25) is 0 Å². The van der Waals surface area contributed by atoms with Gasteiger partial charge in [0, 0.05) is 23.8 Å². The van der Waals surface area contributed by atoms with E-state index in [0.717, 1.165) is 5.57 Å². The number of epoxide rings is 1. The third-order valence-corrected chi connectivity index (χ3v) is 9.67. The average molecular weight is 597 g/mol. The summed E-state index contributed by atoms with van der Waals surface area (Å²) < 4.78 is 23.7. The largest absolute Gasteiger partial charge is 0.458 e. The van der Waals surface area contributed by atoms with Crippen LogP contribution in [-0.2, 0) is 38.1 Å². The molecule has 1 saturated heterocycles. The summed E-state index contributed by atoms with van der Waals surface area (Å²) in [6, 6.07) is 0. The summed E-state index contributed by atoms with van der Waals surface area (Å²) in [6.07, 6.45) is 0.510. The van der Waals surface area contributed by atoms with E-state index < -0.39 is 88.7 Å². The van der Waals surface area contributed by atoms with E-state index >= 15 is 0 Å². The number of Topliss-reactive ketones (excluding diaryl/α,β-unsaturated/α-hetero) is 1. The van der Waals surface area contributed by atoms with Crippen LogP contribution in [-0.4, -0.2) is 70.8 Å². The predicted octanol–water partition coefficient (Wildman–Crippen LogP) is 4.32. The molecule has 2 saturated carbocycles. The highest BCUT2D eigenvalue weighted by molar-refractivity contribution is 6.19. The third-order valence-electron chi connectivity index (χ3n) is 9.24. The van der Waals surface area contributed by atoms with Gasteiger partial charge >= 0.3 is 17.9 Å². The Morgan fingerprint density at radius 1 is 1.07 bits per heavy atom. The fourth-order valence-electron chi connectivity index (χ4n) is 5.98. The Labute approximate surface area is 247 Å². The first-order valence-electron chi connectivity index (χ1n) is 14.7. The zero-order valence-electron chi connectivity index (χ0n) is 25.4. The Balaban J connectivity index is 2.25. The molecule has 0 aromatic heterocycles. The van der Waals surface area contributed by atoms with E-state index in [1.54, 1.807) is 33.8 Å². The van der Waals surface area contributed by atoms with Crippen molar-refractivity contribution in [3.05, 3.63) is 23.3 Å². The number of carbonyl (C=O) groups excluding carboxylic acids is 4. The highest BCUT2D eigenvalue weighted by atomic mass is 35.5. The van der Waals surface area contributed by atoms with Crippen LogP contribution in [0.15, 0.2) is 23.3 Å². The van der Waals surface area contributed by atoms with Gasteiger partial charge < -0.3 is 24.1 Å². The molecule has 9 nitrogen and oxygen atoms in total. The van der Waals surface area contributed by atoms with Crippen molar-refractivity contribution in [3.8, 4) is 0 Å². The molecule has 0 aromatic carbocycles. The molecule has 3 fully saturated rings. The van der Waals surface area contributed by atoms with E-state index in [9.17, 15) is 24.3 Å². The molecule has 230 valence electrons. The molecule has 2 aliphatic carbocycles. The molecule has 41 heavy (non-hydrogen) atoms. The zero-order chi connectivity index (χ0) is 30.9. The second kappa shape index (κ2) is 13.0. The molecule has 0 radical (unpaired) electrons. The molecule has 1 aliphatic heterocycles. The van der Waals surface area contributed by atoms with E-state index in [-0.39, 0.29) is 0 Å². The van der Waals surface area contributed by atoms with Gasteiger partial charge in [0.15, 0.2) is 18.0 Å². The number of allylic oxidation sites excluding steroid dienone is 2. The summed E-state index contributed by atoms with van der Waals surface area (Å²) in [5.41, 5.74) is -1.88. The Kier molecular flexibility index (Phi) is 10.5. The van der Waals surface area contributed by atoms with Gasteiger partial charge in [-0.1, -0.05) is 46.3 Å². The van der Waals surface area contributed by atoms with Crippen molar-refractivity contribution in [2.24, 2.45) is 29.6 Å². The molecular weight excluding hydrogens is 552 g/mol. The van der Waals surface area contributed by atoms with Crippen LogP contribution in [0.5, 0.6) is 0 Å². The van der Waals surface area contributed by atoms with Crippen LogP contribution in [0.1, 0.15) is 74.7 Å². The molecule has 1 heterocycles. The van der Waals surface area contributed by atoms with Gasteiger partial charge in [-0.2, -0.15) is 0 Å². The molecule has 1 N–H and O–H groups in total. The van der Waals surface area contributed by atoms with Crippen LogP contribution in [0, 0.1) is 29.6 Å². The monoisotopic (exact) mass is 596 g/mol. The number of fused-ring (bicyclic) bond motifs is 1. The van der Waals surface area contributed by atoms with Crippen LogP contribution < -0.4 is 0 Å². The van der Waals surface area contributed by atoms with E-state index in [2.05, 4.69) is 0 Å². The zero-order valence-corrected chi connectivity index (χ0v) is 26.2. The van der Waals surface area contributed by atoms with E-state index in [1.807, 2.05) is 27.7 Å². The van der Waals surface area contributed by atoms with Crippen LogP contribution in [0.3, 0.4) is 0 Å². The summed E-state index contributed by atoms with van der Waals surface area (Å²) >= 11 is 6.50. The maximum Gasteiger partial charge on any atom is 0.331 e. The lowest BCUT2D eigenvalue weighted by atomic mass is 9.58. The standard InChI is InChI=1S/C31H45ClO9/c1-9-16(5)13-20(33)39-27-26(41-29(36)18(7)11-3)22(30(8)15-38-30)21-19(12-4)24(34)25(23(21)31(27,37)14-32)40-28(35)17(6)10-2/h12-13,17-18,21-23,25-27,37H,9-11,14-15H2,1-8H3/b16-13-,19-12+. The molecule has 3 rings (SSSR count). The number of halogens is 1. The maximum atomic E-state index is 13.9. The smallest absolute Gasteiger partial charge is 0.331 e. The number of esters is 3. The number of ether oxygens (including phenoxy) is 4. The number of aliphatic hydroxyl groups is 1. The normalized spacial score (nSPS) is 37.3. The van der Waals surface area contributed by atoms with Gasteiger partial charge in [0.25, 0.3) is 0 Å². The number of rotatable bonds is 11. The number of alkyl halides is 1. The summed E-state index contributed by atoms with van der Waals surface area (Å²) in [6.45, 7) is 14.6. The minimum absolute atomic E-state index is 0.301. The number of carbonyl (C=O) groups is 4. The topological polar surface area (TPSA) is 129 Å². The Morgan fingerprint density at radius 2 is 1.63 bits per heavy atom. The molecule has 0 aromatic rings. The number of hydrogen-bond donors (Lipinski definition) is 1. The molecular formula is C31H45ClO9. The maximum absolute atomic E-state index is 13.9. The van der Waals surface area contributed by atoms with E-state index in [0.29, 0.717) is 31.4 Å². The lowest BCUT2D eigenvalue weighted by molar-refractivity contribution is -0.243. The fourth-order valence-corrected chi connectivity index (χ4v) is 6.31. The first kappa shape index (κ1) is 33.3. The lowest BCUT2D eigenvalue weighted by Gasteiger charge is -2.53. The summed E-state index contributed by atoms with van der Waals surface area (Å²) in [4.78, 5) is 53.2. The van der Waals surface area contributed by atoms with Crippen molar-refractivity contribution in [1.82, 2.24) is 0 Å². The molecule has 3 aliphatic rings. The van der Waals surface area contributed by atoms with Crippen LogP contribution in [0.2, 0.25) is 0 Å². The second-order valence-electron chi connectivity index (χ2n) is 12.0. The number of hydrogen-bond acceptors (Lipinski definition) is 9. The predicted molar refractivity (Wildman–Crippen MR) is 152 cm³/mol. The summed E-state index contributed by atoms with van der Waals surface area (Å²) in [5, 5.41) is 12.4. The second-order valence-corrected chi connectivity index (χ2v) is 12.3. The van der Waals surface area contributed by atoms with Crippen molar-refractivity contribution in [3.63, 3.8) is 0 Å². The SMILES string of the molecule is C/C=C1/C(=O)C(OC(=O)C(C)CC)C2C1C(C1(C)CO1)C(OC(=O)C(C)CC)C(OC(=O)/C=C(/C)CC)C2(O)CCl. The van der Waals surface area contributed by atoms with Crippen LogP contribution >= 0.6 is 11.6 Å². The Hall–Kier alpha value is -2.23. The molecule has 10 heteroatoms. The van der Waals surface area contributed by atoms with Gasteiger partial charge in [-0.05, 0) is 45.6 Å². The van der Waals surface area contributed by atoms with Crippen molar-refractivity contribution in [1.29, 1.82) is 0 Å². The Bertz CT molecular complexity index is 1090. The average Bonchev–Trinajstić information content (AvgIpc) is 3.63. The van der Waals surface area contributed by atoms with Crippen LogP contribution in [0.4, 0.5) is 0 Å². The summed E-state index contributed by atoms with van der Waals surface area (Å²) in [7, 11) is 0. The van der Waals surface area contributed by atoms with Crippen molar-refractivity contribution < 1.29 is 43.2 Å². The highest BCUT2D eigenvalue weighted by Crippen LogP contribution is 2.59. The van der Waals surface area contributed by atoms with E-state index in [1.165, 1.54) is 6.08 Å². The molecule has 0 bridgehead atoms. The molecule has 10 atom stereocenters. The molecule has 0 spiro atoms. The van der Waals surface area contributed by atoms with Crippen molar-refractivity contribution in [2.75, 3.05) is 12.5 Å². The minimum atomic E-state index is -2.10. The van der Waals surface area contributed by atoms with Gasteiger partial charge in [0.05, 0.1) is 29.9 Å². The van der Waals surface area contributed by atoms with E-state index in [4.69, 9.17) is 30.5 Å². The highest BCUT2D eigenvalue weighted by Gasteiger charge is 2.74. The van der Waals surface area contributed by atoms with Gasteiger partial charge in [-0.25, -0.2) is 4.79 Å². The fraction of sp³-hybridized carbons (Fsp3) is 0.742. The first-order chi connectivity index (χ1) is 19.2. The van der Waals surface area contributed by atoms with Crippen LogP contribution in [0.25, 0.3) is 0 Å². The first-order valence-corrected chi connectivity index (χ1v) is 15.2. The Morgan fingerprint density at radius 3 is 2.10 bits per heavy atom. The summed E-state index contributed by atoms with van der Waals surface area (Å²) in [5.74, 6) is -6.29. The van der Waals surface area contributed by atoms with Crippen molar-refractivity contribution >= 4 is 35.3 Å². The number of ketones is 1.